The molecule has 0 saturated heterocycles. The smallest absolute Gasteiger partial charge is 0.289 e. The summed E-state index contributed by atoms with van der Waals surface area (Å²) < 4.78 is 5.76. The lowest BCUT2D eigenvalue weighted by atomic mass is 10.1. The molecule has 1 aromatic rings. The first kappa shape index (κ1) is 11.3. The third kappa shape index (κ3) is 2.38. The summed E-state index contributed by atoms with van der Waals surface area (Å²) in [6, 6.07) is 3.37. The Morgan fingerprint density at radius 2 is 2.00 bits per heavy atom. The van der Waals surface area contributed by atoms with Gasteiger partial charge in [-0.15, -0.1) is 0 Å². The molecule has 14 heavy (non-hydrogen) atoms. The summed E-state index contributed by atoms with van der Waals surface area (Å²) in [7, 11) is 1.76. The van der Waals surface area contributed by atoms with Crippen LogP contribution in [0, 0.1) is 0 Å². The van der Waals surface area contributed by atoms with Gasteiger partial charge in [0.05, 0.1) is 0 Å². The third-order valence-electron chi connectivity index (χ3n) is 2.09. The SMILES string of the molecule is CN(C(=O)c1ccc(Br)o1)C(C)(C)C. The molecule has 0 atom stereocenters. The Hall–Kier alpha value is -0.770. The molecule has 0 N–H and O–H groups in total. The van der Waals surface area contributed by atoms with Crippen molar-refractivity contribution in [2.45, 2.75) is 26.3 Å². The molecule has 0 bridgehead atoms. The first-order valence-electron chi connectivity index (χ1n) is 4.36. The molecule has 0 aliphatic heterocycles. The predicted molar refractivity (Wildman–Crippen MR) is 58.3 cm³/mol. The number of hydrogen-bond acceptors (Lipinski definition) is 2. The summed E-state index contributed by atoms with van der Waals surface area (Å²) in [6.07, 6.45) is 0. The topological polar surface area (TPSA) is 33.5 Å². The molecule has 0 spiro atoms. The van der Waals surface area contributed by atoms with Gasteiger partial charge in [0.2, 0.25) is 0 Å². The molecular formula is C10H14BrNO2. The van der Waals surface area contributed by atoms with Crippen molar-refractivity contribution in [1.29, 1.82) is 0 Å². The van der Waals surface area contributed by atoms with E-state index in [0.29, 0.717) is 10.4 Å². The van der Waals surface area contributed by atoms with Gasteiger partial charge in [-0.1, -0.05) is 0 Å². The van der Waals surface area contributed by atoms with E-state index in [4.69, 9.17) is 4.42 Å². The Morgan fingerprint density at radius 3 is 2.36 bits per heavy atom. The van der Waals surface area contributed by atoms with Crippen molar-refractivity contribution < 1.29 is 9.21 Å². The highest BCUT2D eigenvalue weighted by molar-refractivity contribution is 9.10. The maximum Gasteiger partial charge on any atom is 0.289 e. The molecule has 1 heterocycles. The average Bonchev–Trinajstić information content (AvgIpc) is 2.47. The highest BCUT2D eigenvalue weighted by Crippen LogP contribution is 2.19. The van der Waals surface area contributed by atoms with E-state index in [9.17, 15) is 4.79 Å². The van der Waals surface area contributed by atoms with E-state index in [1.165, 1.54) is 0 Å². The second kappa shape index (κ2) is 3.77. The van der Waals surface area contributed by atoms with Crippen LogP contribution in [0.1, 0.15) is 31.3 Å². The molecule has 0 aliphatic rings. The molecule has 0 fully saturated rings. The van der Waals surface area contributed by atoms with Gasteiger partial charge in [-0.25, -0.2) is 0 Å². The standard InChI is InChI=1S/C10H14BrNO2/c1-10(2,3)12(4)9(13)7-5-6-8(11)14-7/h5-6H,1-4H3. The second-order valence-electron chi connectivity index (χ2n) is 4.14. The minimum Gasteiger partial charge on any atom is -0.444 e. The maximum absolute atomic E-state index is 11.8. The zero-order chi connectivity index (χ0) is 10.9. The number of rotatable bonds is 1. The molecule has 0 unspecified atom stereocenters. The summed E-state index contributed by atoms with van der Waals surface area (Å²) in [5.41, 5.74) is -0.198. The number of carbonyl (C=O) groups is 1. The van der Waals surface area contributed by atoms with E-state index in [1.807, 2.05) is 20.8 Å². The number of halogens is 1. The molecule has 0 aromatic carbocycles. The van der Waals surface area contributed by atoms with Gasteiger partial charge < -0.3 is 9.32 Å². The van der Waals surface area contributed by atoms with Crippen LogP contribution in [0.15, 0.2) is 21.2 Å². The second-order valence-corrected chi connectivity index (χ2v) is 4.92. The van der Waals surface area contributed by atoms with Crippen LogP contribution in [-0.2, 0) is 0 Å². The first-order chi connectivity index (χ1) is 6.32. The van der Waals surface area contributed by atoms with Crippen molar-refractivity contribution in [1.82, 2.24) is 4.90 Å². The Morgan fingerprint density at radius 1 is 1.43 bits per heavy atom. The molecule has 1 rings (SSSR count). The highest BCUT2D eigenvalue weighted by atomic mass is 79.9. The lowest BCUT2D eigenvalue weighted by Crippen LogP contribution is -2.42. The fraction of sp³-hybridized carbons (Fsp3) is 0.500. The zero-order valence-electron chi connectivity index (χ0n) is 8.80. The molecule has 78 valence electrons. The van der Waals surface area contributed by atoms with Crippen LogP contribution in [0.3, 0.4) is 0 Å². The van der Waals surface area contributed by atoms with Crippen LogP contribution in [-0.4, -0.2) is 23.4 Å². The van der Waals surface area contributed by atoms with Crippen LogP contribution < -0.4 is 0 Å². The quantitative estimate of drug-likeness (QED) is 0.777. The monoisotopic (exact) mass is 259 g/mol. The van der Waals surface area contributed by atoms with Crippen molar-refractivity contribution in [3.8, 4) is 0 Å². The van der Waals surface area contributed by atoms with Gasteiger partial charge in [-0.3, -0.25) is 4.79 Å². The Bertz CT molecular complexity index is 338. The van der Waals surface area contributed by atoms with Crippen LogP contribution in [0.25, 0.3) is 0 Å². The number of hydrogen-bond donors (Lipinski definition) is 0. The summed E-state index contributed by atoms with van der Waals surface area (Å²) >= 11 is 3.16. The largest absolute Gasteiger partial charge is 0.444 e. The molecule has 4 heteroatoms. The van der Waals surface area contributed by atoms with E-state index < -0.39 is 0 Å². The van der Waals surface area contributed by atoms with Crippen molar-refractivity contribution in [2.75, 3.05) is 7.05 Å². The van der Waals surface area contributed by atoms with Crippen LogP contribution in [0.4, 0.5) is 0 Å². The summed E-state index contributed by atoms with van der Waals surface area (Å²) in [4.78, 5) is 13.5. The van der Waals surface area contributed by atoms with Gasteiger partial charge in [0.25, 0.3) is 5.91 Å². The minimum absolute atomic E-state index is 0.108. The number of amides is 1. The average molecular weight is 260 g/mol. The lowest BCUT2D eigenvalue weighted by molar-refractivity contribution is 0.0621. The summed E-state index contributed by atoms with van der Waals surface area (Å²) in [6.45, 7) is 5.93. The zero-order valence-corrected chi connectivity index (χ0v) is 10.4. The Kier molecular flexibility index (Phi) is 3.04. The number of furan rings is 1. The van der Waals surface area contributed by atoms with Crippen LogP contribution in [0.5, 0.6) is 0 Å². The van der Waals surface area contributed by atoms with E-state index in [0.717, 1.165) is 0 Å². The van der Waals surface area contributed by atoms with Gasteiger partial charge in [0, 0.05) is 12.6 Å². The first-order valence-corrected chi connectivity index (χ1v) is 5.15. The highest BCUT2D eigenvalue weighted by Gasteiger charge is 2.25. The minimum atomic E-state index is -0.198. The fourth-order valence-electron chi connectivity index (χ4n) is 0.899. The normalized spacial score (nSPS) is 11.5. The van der Waals surface area contributed by atoms with E-state index >= 15 is 0 Å². The summed E-state index contributed by atoms with van der Waals surface area (Å²) in [5, 5.41) is 0. The predicted octanol–water partition coefficient (Wildman–Crippen LogP) is 2.91. The van der Waals surface area contributed by atoms with Crippen molar-refractivity contribution in [3.63, 3.8) is 0 Å². The van der Waals surface area contributed by atoms with Gasteiger partial charge in [0.15, 0.2) is 10.4 Å². The van der Waals surface area contributed by atoms with Crippen molar-refractivity contribution in [2.24, 2.45) is 0 Å². The van der Waals surface area contributed by atoms with E-state index in [2.05, 4.69) is 15.9 Å². The molecular weight excluding hydrogens is 246 g/mol. The molecule has 0 saturated carbocycles. The number of carbonyl (C=O) groups excluding carboxylic acids is 1. The molecule has 1 aromatic heterocycles. The summed E-state index contributed by atoms with van der Waals surface area (Å²) in [5.74, 6) is 0.248. The number of nitrogens with zero attached hydrogens (tertiary/aromatic N) is 1. The van der Waals surface area contributed by atoms with Crippen molar-refractivity contribution >= 4 is 21.8 Å². The maximum atomic E-state index is 11.8. The Balaban J connectivity index is 2.86. The lowest BCUT2D eigenvalue weighted by Gasteiger charge is -2.31. The Labute approximate surface area is 92.2 Å². The van der Waals surface area contributed by atoms with E-state index in [-0.39, 0.29) is 11.4 Å². The molecule has 0 aliphatic carbocycles. The van der Waals surface area contributed by atoms with Crippen LogP contribution >= 0.6 is 15.9 Å². The van der Waals surface area contributed by atoms with E-state index in [1.54, 1.807) is 24.1 Å². The fourth-order valence-corrected chi connectivity index (χ4v) is 1.21. The van der Waals surface area contributed by atoms with Crippen molar-refractivity contribution in [3.05, 3.63) is 22.6 Å². The molecule has 3 nitrogen and oxygen atoms in total. The van der Waals surface area contributed by atoms with Gasteiger partial charge in [0.1, 0.15) is 0 Å². The van der Waals surface area contributed by atoms with Gasteiger partial charge >= 0.3 is 0 Å². The molecule has 0 radical (unpaired) electrons. The van der Waals surface area contributed by atoms with Gasteiger partial charge in [-0.2, -0.15) is 0 Å². The third-order valence-corrected chi connectivity index (χ3v) is 2.52. The van der Waals surface area contributed by atoms with Crippen LogP contribution in [0.2, 0.25) is 0 Å². The molecule has 1 amide bonds. The van der Waals surface area contributed by atoms with Gasteiger partial charge in [-0.05, 0) is 48.8 Å².